The summed E-state index contributed by atoms with van der Waals surface area (Å²) in [5.41, 5.74) is 2.33. The van der Waals surface area contributed by atoms with Crippen molar-refractivity contribution in [1.29, 1.82) is 5.26 Å². The lowest BCUT2D eigenvalue weighted by molar-refractivity contribution is 0.101. The van der Waals surface area contributed by atoms with Gasteiger partial charge in [0, 0.05) is 18.9 Å². The molecule has 0 unspecified atom stereocenters. The second kappa shape index (κ2) is 7.14. The number of carbonyl (C=O) groups is 1. The van der Waals surface area contributed by atoms with Crippen LogP contribution in [0.5, 0.6) is 5.75 Å². The first kappa shape index (κ1) is 19.7. The molecule has 0 saturated heterocycles. The quantitative estimate of drug-likeness (QED) is 0.766. The number of fused-ring (bicyclic) bond motifs is 1. The SMILES string of the molecule is C=C(C)[C@H]1COc2c(cn(C)c2C(=O)Nc2ccc(C)c(C#N)c2)S(=O)(=O)N1. The molecule has 0 aliphatic carbocycles. The maximum Gasteiger partial charge on any atom is 0.276 e. The number of carbonyl (C=O) groups excluding carboxylic acids is 1. The number of hydrogen-bond acceptors (Lipinski definition) is 5. The maximum atomic E-state index is 12.9. The molecule has 8 nitrogen and oxygen atoms in total. The minimum atomic E-state index is -3.88. The zero-order valence-corrected chi connectivity index (χ0v) is 16.6. The Hall–Kier alpha value is -3.09. The van der Waals surface area contributed by atoms with Gasteiger partial charge < -0.3 is 14.6 Å². The maximum absolute atomic E-state index is 12.9. The molecule has 3 rings (SSSR count). The molecule has 0 fully saturated rings. The fraction of sp³-hybridized carbons (Fsp3) is 0.263. The largest absolute Gasteiger partial charge is 0.488 e. The first-order valence-electron chi connectivity index (χ1n) is 8.46. The number of aromatic nitrogens is 1. The van der Waals surface area contributed by atoms with E-state index in [0.29, 0.717) is 16.8 Å². The summed E-state index contributed by atoms with van der Waals surface area (Å²) in [7, 11) is -2.31. The average Bonchev–Trinajstić information content (AvgIpc) is 2.90. The van der Waals surface area contributed by atoms with E-state index in [4.69, 9.17) is 10.00 Å². The molecular weight excluding hydrogens is 380 g/mol. The number of anilines is 1. The molecule has 2 N–H and O–H groups in total. The summed E-state index contributed by atoms with van der Waals surface area (Å²) in [5, 5.41) is 11.8. The Morgan fingerprint density at radius 3 is 2.82 bits per heavy atom. The molecule has 0 saturated carbocycles. The van der Waals surface area contributed by atoms with Crippen LogP contribution >= 0.6 is 0 Å². The highest BCUT2D eigenvalue weighted by Crippen LogP contribution is 2.33. The van der Waals surface area contributed by atoms with Crippen molar-refractivity contribution in [3.63, 3.8) is 0 Å². The average molecular weight is 400 g/mol. The van der Waals surface area contributed by atoms with Gasteiger partial charge in [-0.1, -0.05) is 18.2 Å². The van der Waals surface area contributed by atoms with Gasteiger partial charge in [-0.05, 0) is 31.5 Å². The fourth-order valence-electron chi connectivity index (χ4n) is 2.87. The van der Waals surface area contributed by atoms with Crippen molar-refractivity contribution in [3.05, 3.63) is 53.4 Å². The van der Waals surface area contributed by atoms with Crippen LogP contribution < -0.4 is 14.8 Å². The Morgan fingerprint density at radius 2 is 2.18 bits per heavy atom. The summed E-state index contributed by atoms with van der Waals surface area (Å²) in [6, 6.07) is 6.43. The van der Waals surface area contributed by atoms with Gasteiger partial charge in [0.25, 0.3) is 5.91 Å². The molecule has 146 valence electrons. The molecule has 1 atom stereocenters. The number of hydrogen-bond donors (Lipinski definition) is 2. The second-order valence-corrected chi connectivity index (χ2v) is 8.39. The Labute approximate surface area is 163 Å². The van der Waals surface area contributed by atoms with Gasteiger partial charge in [0.15, 0.2) is 11.4 Å². The summed E-state index contributed by atoms with van der Waals surface area (Å²) < 4.78 is 35.0. The number of ether oxygens (including phenoxy) is 1. The van der Waals surface area contributed by atoms with Gasteiger partial charge in [0.2, 0.25) is 10.0 Å². The van der Waals surface area contributed by atoms with E-state index in [1.807, 2.05) is 0 Å². The normalized spacial score (nSPS) is 17.6. The minimum absolute atomic E-state index is 0.0103. The smallest absolute Gasteiger partial charge is 0.276 e. The van der Waals surface area contributed by atoms with E-state index in [1.54, 1.807) is 39.1 Å². The lowest BCUT2D eigenvalue weighted by atomic mass is 10.1. The predicted molar refractivity (Wildman–Crippen MR) is 104 cm³/mol. The van der Waals surface area contributed by atoms with Crippen molar-refractivity contribution in [2.75, 3.05) is 11.9 Å². The van der Waals surface area contributed by atoms with Gasteiger partial charge in [-0.25, -0.2) is 13.1 Å². The van der Waals surface area contributed by atoms with Gasteiger partial charge in [0.05, 0.1) is 17.7 Å². The summed E-state index contributed by atoms with van der Waals surface area (Å²) >= 11 is 0. The molecule has 1 aromatic carbocycles. The second-order valence-electron chi connectivity index (χ2n) is 6.71. The van der Waals surface area contributed by atoms with Gasteiger partial charge in [-0.15, -0.1) is 0 Å². The van der Waals surface area contributed by atoms with Crippen molar-refractivity contribution in [2.24, 2.45) is 7.05 Å². The number of aryl methyl sites for hydroxylation is 2. The Morgan fingerprint density at radius 1 is 1.46 bits per heavy atom. The number of nitrogens with one attached hydrogen (secondary N) is 2. The number of sulfonamides is 1. The van der Waals surface area contributed by atoms with Crippen molar-refractivity contribution < 1.29 is 17.9 Å². The van der Waals surface area contributed by atoms with E-state index >= 15 is 0 Å². The van der Waals surface area contributed by atoms with Crippen LogP contribution in [0.2, 0.25) is 0 Å². The van der Waals surface area contributed by atoms with Gasteiger partial charge in [-0.3, -0.25) is 4.79 Å². The zero-order chi connectivity index (χ0) is 20.6. The highest BCUT2D eigenvalue weighted by atomic mass is 32.2. The summed E-state index contributed by atoms with van der Waals surface area (Å²) in [6.07, 6.45) is 1.34. The third-order valence-electron chi connectivity index (χ3n) is 4.51. The summed E-state index contributed by atoms with van der Waals surface area (Å²) in [4.78, 5) is 12.8. The van der Waals surface area contributed by atoms with E-state index in [9.17, 15) is 13.2 Å². The van der Waals surface area contributed by atoms with Crippen LogP contribution in [0.15, 0.2) is 41.4 Å². The standard InChI is InChI=1S/C19H20N4O4S/c1-11(2)15-10-27-18-16(28(25,26)22-15)9-23(4)17(18)19(24)21-14-6-5-12(3)13(7-14)8-20/h5-7,9,15,22H,1,10H2,2-4H3,(H,21,24)/t15-/m1/s1. The van der Waals surface area contributed by atoms with Crippen molar-refractivity contribution in [1.82, 2.24) is 9.29 Å². The highest BCUT2D eigenvalue weighted by molar-refractivity contribution is 7.89. The van der Waals surface area contributed by atoms with Crippen molar-refractivity contribution >= 4 is 21.6 Å². The van der Waals surface area contributed by atoms with Gasteiger partial charge in [0.1, 0.15) is 11.5 Å². The zero-order valence-electron chi connectivity index (χ0n) is 15.7. The van der Waals surface area contributed by atoms with E-state index in [0.717, 1.165) is 5.56 Å². The monoisotopic (exact) mass is 400 g/mol. The molecule has 0 bridgehead atoms. The topological polar surface area (TPSA) is 113 Å². The fourth-order valence-corrected chi connectivity index (χ4v) is 4.34. The van der Waals surface area contributed by atoms with Gasteiger partial charge in [-0.2, -0.15) is 5.26 Å². The molecule has 9 heteroatoms. The van der Waals surface area contributed by atoms with Crippen LogP contribution in [0.1, 0.15) is 28.5 Å². The first-order chi connectivity index (χ1) is 13.1. The van der Waals surface area contributed by atoms with Crippen LogP contribution in [-0.2, 0) is 17.1 Å². The molecule has 1 aliphatic rings. The molecule has 0 radical (unpaired) electrons. The first-order valence-corrected chi connectivity index (χ1v) is 9.94. The van der Waals surface area contributed by atoms with E-state index in [-0.39, 0.29) is 22.9 Å². The van der Waals surface area contributed by atoms with Crippen LogP contribution in [-0.4, -0.2) is 31.5 Å². The highest BCUT2D eigenvalue weighted by Gasteiger charge is 2.34. The molecule has 1 amide bonds. The number of rotatable bonds is 3. The molecule has 1 aromatic heterocycles. The van der Waals surface area contributed by atoms with Crippen LogP contribution in [0.25, 0.3) is 0 Å². The van der Waals surface area contributed by atoms with Crippen molar-refractivity contribution in [3.8, 4) is 11.8 Å². The van der Waals surface area contributed by atoms with Crippen molar-refractivity contribution in [2.45, 2.75) is 24.8 Å². The van der Waals surface area contributed by atoms with E-state index in [2.05, 4.69) is 22.7 Å². The predicted octanol–water partition coefficient (Wildman–Crippen LogP) is 2.07. The number of nitriles is 1. The molecule has 0 spiro atoms. The minimum Gasteiger partial charge on any atom is -0.488 e. The third kappa shape index (κ3) is 3.52. The molecule has 1 aliphatic heterocycles. The number of nitrogens with zero attached hydrogens (tertiary/aromatic N) is 2. The molecule has 28 heavy (non-hydrogen) atoms. The Bertz CT molecular complexity index is 1130. The van der Waals surface area contributed by atoms with Crippen LogP contribution in [0, 0.1) is 18.3 Å². The lowest BCUT2D eigenvalue weighted by Gasteiger charge is -2.15. The van der Waals surface area contributed by atoms with E-state index < -0.39 is 22.0 Å². The summed E-state index contributed by atoms with van der Waals surface area (Å²) in [6.45, 7) is 7.29. The third-order valence-corrected chi connectivity index (χ3v) is 5.97. The van der Waals surface area contributed by atoms with Crippen LogP contribution in [0.3, 0.4) is 0 Å². The van der Waals surface area contributed by atoms with Crippen LogP contribution in [0.4, 0.5) is 5.69 Å². The number of amides is 1. The molecule has 2 heterocycles. The van der Waals surface area contributed by atoms with E-state index in [1.165, 1.54) is 10.8 Å². The Kier molecular flexibility index (Phi) is 5.02. The Balaban J connectivity index is 1.99. The van der Waals surface area contributed by atoms with Gasteiger partial charge >= 0.3 is 0 Å². The molecule has 2 aromatic rings. The summed E-state index contributed by atoms with van der Waals surface area (Å²) in [5.74, 6) is -0.552. The molecular formula is C19H20N4O4S. The lowest BCUT2D eigenvalue weighted by Crippen LogP contribution is -2.37. The number of benzene rings is 1.